The minimum atomic E-state index is -0.644. The van der Waals surface area contributed by atoms with E-state index >= 15 is 0 Å². The van der Waals surface area contributed by atoms with Crippen LogP contribution in [0, 0.1) is 0 Å². The van der Waals surface area contributed by atoms with E-state index in [0.29, 0.717) is 0 Å². The first-order valence-corrected chi connectivity index (χ1v) is 17.8. The zero-order valence-electron chi connectivity index (χ0n) is 28.2. The summed E-state index contributed by atoms with van der Waals surface area (Å²) in [6.07, 6.45) is 0. The van der Waals surface area contributed by atoms with Crippen molar-refractivity contribution in [3.63, 3.8) is 0 Å². The topological polar surface area (TPSA) is 23.4 Å². The van der Waals surface area contributed by atoms with Crippen molar-refractivity contribution in [2.75, 3.05) is 0 Å². The molecule has 1 spiro atoms. The van der Waals surface area contributed by atoms with Crippen molar-refractivity contribution in [2.45, 2.75) is 5.41 Å². The summed E-state index contributed by atoms with van der Waals surface area (Å²) in [5.74, 6) is 3.40. The largest absolute Gasteiger partial charge is 0.457 e. The second-order valence-corrected chi connectivity index (χ2v) is 13.7. The molecule has 2 aliphatic heterocycles. The van der Waals surface area contributed by atoms with Gasteiger partial charge in [0.2, 0.25) is 0 Å². The summed E-state index contributed by atoms with van der Waals surface area (Å²) in [5, 5.41) is 2.45. The highest BCUT2D eigenvalue weighted by Gasteiger charge is 2.50. The van der Waals surface area contributed by atoms with Crippen LogP contribution in [0.2, 0.25) is 0 Å². The van der Waals surface area contributed by atoms with Crippen LogP contribution >= 0.6 is 0 Å². The number of nitrogens with zero attached hydrogens (tertiary/aromatic N) is 1. The van der Waals surface area contributed by atoms with E-state index in [1.807, 2.05) is 12.1 Å². The first-order chi connectivity index (χ1) is 25.8. The molecule has 11 rings (SSSR count). The molecule has 3 heterocycles. The molecule has 8 aromatic carbocycles. The number of rotatable bonds is 3. The monoisotopic (exact) mass is 665 g/mol. The first-order valence-electron chi connectivity index (χ1n) is 17.8. The third kappa shape index (κ3) is 4.08. The Bertz CT molecular complexity index is 2810. The van der Waals surface area contributed by atoms with Gasteiger partial charge in [-0.15, -0.1) is 0 Å². The summed E-state index contributed by atoms with van der Waals surface area (Å²) in [5.41, 5.74) is 11.8. The Balaban J connectivity index is 1.15. The number of hydrogen-bond acceptors (Lipinski definition) is 2. The summed E-state index contributed by atoms with van der Waals surface area (Å²) in [4.78, 5) is 0. The quantitative estimate of drug-likeness (QED) is 0.187. The lowest BCUT2D eigenvalue weighted by Gasteiger charge is -2.45. The second-order valence-electron chi connectivity index (χ2n) is 13.7. The molecular formula is C49H31NO2. The predicted octanol–water partition coefficient (Wildman–Crippen LogP) is 12.7. The van der Waals surface area contributed by atoms with Gasteiger partial charge in [0.05, 0.1) is 16.4 Å². The average molecular weight is 666 g/mol. The van der Waals surface area contributed by atoms with Crippen LogP contribution in [-0.4, -0.2) is 4.57 Å². The van der Waals surface area contributed by atoms with Crippen LogP contribution in [-0.2, 0) is 5.41 Å². The molecule has 3 heteroatoms. The minimum Gasteiger partial charge on any atom is -0.457 e. The molecule has 0 saturated carbocycles. The predicted molar refractivity (Wildman–Crippen MR) is 210 cm³/mol. The van der Waals surface area contributed by atoms with Crippen molar-refractivity contribution in [3.05, 3.63) is 210 Å². The summed E-state index contributed by atoms with van der Waals surface area (Å²) in [7, 11) is 0. The molecule has 0 amide bonds. The second kappa shape index (κ2) is 11.1. The molecule has 9 aromatic rings. The van der Waals surface area contributed by atoms with Gasteiger partial charge in [0.1, 0.15) is 23.0 Å². The van der Waals surface area contributed by atoms with Crippen LogP contribution in [0.3, 0.4) is 0 Å². The number of para-hydroxylation sites is 4. The number of hydrogen-bond donors (Lipinski definition) is 0. The van der Waals surface area contributed by atoms with Crippen LogP contribution in [0.15, 0.2) is 188 Å². The number of aromatic nitrogens is 1. The highest BCUT2D eigenvalue weighted by molar-refractivity contribution is 6.10. The van der Waals surface area contributed by atoms with Gasteiger partial charge in [0.25, 0.3) is 0 Å². The smallest absolute Gasteiger partial charge is 0.132 e. The van der Waals surface area contributed by atoms with Crippen molar-refractivity contribution in [1.82, 2.24) is 4.57 Å². The van der Waals surface area contributed by atoms with Gasteiger partial charge in [-0.2, -0.15) is 0 Å². The van der Waals surface area contributed by atoms with E-state index in [4.69, 9.17) is 9.47 Å². The lowest BCUT2D eigenvalue weighted by atomic mass is 9.62. The van der Waals surface area contributed by atoms with E-state index in [9.17, 15) is 0 Å². The average Bonchev–Trinajstić information content (AvgIpc) is 3.55. The fraction of sp³-hybridized carbons (Fsp3) is 0.0204. The fourth-order valence-electron chi connectivity index (χ4n) is 8.67. The van der Waals surface area contributed by atoms with Gasteiger partial charge in [-0.3, -0.25) is 0 Å². The molecule has 0 aliphatic carbocycles. The molecule has 0 N–H and O–H groups in total. The van der Waals surface area contributed by atoms with Crippen molar-refractivity contribution in [1.29, 1.82) is 0 Å². The van der Waals surface area contributed by atoms with Crippen molar-refractivity contribution < 1.29 is 9.47 Å². The molecule has 0 bridgehead atoms. The Morgan fingerprint density at radius 3 is 1.50 bits per heavy atom. The van der Waals surface area contributed by atoms with E-state index in [2.05, 4.69) is 180 Å². The molecule has 3 nitrogen and oxygen atoms in total. The van der Waals surface area contributed by atoms with Gasteiger partial charge < -0.3 is 14.0 Å². The molecule has 52 heavy (non-hydrogen) atoms. The number of benzene rings is 8. The van der Waals surface area contributed by atoms with E-state index in [0.717, 1.165) is 73.2 Å². The molecule has 0 fully saturated rings. The molecule has 2 aliphatic rings. The normalized spacial score (nSPS) is 13.5. The van der Waals surface area contributed by atoms with Crippen LogP contribution in [0.4, 0.5) is 0 Å². The van der Waals surface area contributed by atoms with Gasteiger partial charge in [-0.25, -0.2) is 0 Å². The minimum absolute atomic E-state index is 0.644. The lowest BCUT2D eigenvalue weighted by molar-refractivity contribution is 0.399. The van der Waals surface area contributed by atoms with Crippen molar-refractivity contribution >= 4 is 21.8 Å². The zero-order valence-corrected chi connectivity index (χ0v) is 28.2. The van der Waals surface area contributed by atoms with Gasteiger partial charge in [-0.1, -0.05) is 133 Å². The van der Waals surface area contributed by atoms with Gasteiger partial charge >= 0.3 is 0 Å². The Morgan fingerprint density at radius 1 is 0.327 bits per heavy atom. The standard InChI is InChI=1S/C49H31NO2/c1-3-13-32(14-4-1)34-23-26-41-47(30-34)52-48-31-35(24-27-42(48)49(41)39-18-8-11-21-45(39)51-46-22-12-9-19-40(46)49)33-25-28-44-38(29-33)37-17-7-10-20-43(37)50(44)36-15-5-2-6-16-36/h1-31H. The fourth-order valence-corrected chi connectivity index (χ4v) is 8.67. The molecule has 0 atom stereocenters. The summed E-state index contributed by atoms with van der Waals surface area (Å²) in [6.45, 7) is 0. The maximum Gasteiger partial charge on any atom is 0.132 e. The third-order valence-electron chi connectivity index (χ3n) is 10.9. The SMILES string of the molecule is c1ccc(-c2ccc3c(c2)Oc2cc(-c4ccc5c(c4)c4ccccc4n5-c4ccccc4)ccc2C32c3ccccc3Oc3ccccc32)cc1. The highest BCUT2D eigenvalue weighted by Crippen LogP contribution is 2.62. The highest BCUT2D eigenvalue weighted by atomic mass is 16.5. The molecule has 244 valence electrons. The summed E-state index contributed by atoms with van der Waals surface area (Å²) >= 11 is 0. The maximum atomic E-state index is 7.03. The van der Waals surface area contributed by atoms with Gasteiger partial charge in [0.15, 0.2) is 0 Å². The first kappa shape index (κ1) is 28.9. The number of fused-ring (bicyclic) bond motifs is 11. The van der Waals surface area contributed by atoms with Crippen LogP contribution in [0.1, 0.15) is 22.3 Å². The molecular weight excluding hydrogens is 635 g/mol. The zero-order chi connectivity index (χ0) is 34.2. The van der Waals surface area contributed by atoms with E-state index in [-0.39, 0.29) is 0 Å². The number of ether oxygens (including phenoxy) is 2. The molecule has 0 unspecified atom stereocenters. The van der Waals surface area contributed by atoms with Gasteiger partial charge in [0, 0.05) is 38.7 Å². The van der Waals surface area contributed by atoms with Crippen LogP contribution < -0.4 is 9.47 Å². The lowest BCUT2D eigenvalue weighted by Crippen LogP contribution is -2.36. The Labute approximate surface area is 301 Å². The van der Waals surface area contributed by atoms with Crippen molar-refractivity contribution in [3.8, 4) is 50.9 Å². The van der Waals surface area contributed by atoms with E-state index in [1.54, 1.807) is 0 Å². The molecule has 0 radical (unpaired) electrons. The third-order valence-corrected chi connectivity index (χ3v) is 10.9. The molecule has 1 aromatic heterocycles. The maximum absolute atomic E-state index is 7.03. The Morgan fingerprint density at radius 2 is 0.808 bits per heavy atom. The van der Waals surface area contributed by atoms with Crippen molar-refractivity contribution in [2.24, 2.45) is 0 Å². The Kier molecular flexibility index (Phi) is 6.17. The summed E-state index contributed by atoms with van der Waals surface area (Å²) in [6, 6.07) is 66.9. The van der Waals surface area contributed by atoms with Gasteiger partial charge in [-0.05, 0) is 76.9 Å². The van der Waals surface area contributed by atoms with Crippen LogP contribution in [0.5, 0.6) is 23.0 Å². The van der Waals surface area contributed by atoms with Crippen LogP contribution in [0.25, 0.3) is 49.7 Å². The van der Waals surface area contributed by atoms with E-state index < -0.39 is 5.41 Å². The van der Waals surface area contributed by atoms with E-state index in [1.165, 1.54) is 21.8 Å². The summed E-state index contributed by atoms with van der Waals surface area (Å²) < 4.78 is 16.0. The Hall–Kier alpha value is -6.84. The molecule has 0 saturated heterocycles.